The Morgan fingerprint density at radius 3 is 2.57 bits per heavy atom. The number of primary amides is 1. The van der Waals surface area contributed by atoms with Gasteiger partial charge < -0.3 is 5.73 Å². The second kappa shape index (κ2) is 7.83. The molecular weight excluding hydrogens is 308 g/mol. The van der Waals surface area contributed by atoms with Gasteiger partial charge in [0, 0.05) is 11.4 Å². The number of carbonyl (C=O) groups excluding carboxylic acids is 2. The third kappa shape index (κ3) is 4.86. The quantitative estimate of drug-likeness (QED) is 0.624. The Labute approximate surface area is 140 Å². The number of nitrogens with zero attached hydrogens (tertiary/aromatic N) is 1. The lowest BCUT2D eigenvalue weighted by Gasteiger charge is -2.08. The molecule has 0 aliphatic heterocycles. The first-order valence-electron chi connectivity index (χ1n) is 7.48. The summed E-state index contributed by atoms with van der Waals surface area (Å²) in [5.74, 6) is -0.666. The standard InChI is InChI=1S/C18H20N2O2S/c1-12(8-9-14-6-4-3-5-7-14)20-13(2)17(21)16-10-15(11-23-16)18(19)22/h3-7,10-12H,8-9H2,1-2H3,(H2,19,22)/b20-13-. The Morgan fingerprint density at radius 1 is 1.26 bits per heavy atom. The van der Waals surface area contributed by atoms with Gasteiger partial charge in [-0.3, -0.25) is 14.6 Å². The zero-order chi connectivity index (χ0) is 16.8. The molecule has 2 aromatic rings. The molecule has 0 aliphatic rings. The number of rotatable bonds is 7. The molecule has 0 radical (unpaired) electrons. The number of benzene rings is 1. The molecule has 1 unspecified atom stereocenters. The molecule has 0 saturated carbocycles. The average molecular weight is 328 g/mol. The van der Waals surface area contributed by atoms with Crippen LogP contribution in [-0.2, 0) is 6.42 Å². The number of ketones is 1. The zero-order valence-corrected chi connectivity index (χ0v) is 14.1. The fourth-order valence-corrected chi connectivity index (χ4v) is 3.12. The van der Waals surface area contributed by atoms with Crippen molar-refractivity contribution in [1.29, 1.82) is 0 Å². The number of amides is 1. The van der Waals surface area contributed by atoms with Crippen molar-refractivity contribution in [3.05, 3.63) is 57.8 Å². The molecule has 0 fully saturated rings. The predicted molar refractivity (Wildman–Crippen MR) is 94.5 cm³/mol. The van der Waals surface area contributed by atoms with Crippen LogP contribution in [0.2, 0.25) is 0 Å². The molecule has 0 aliphatic carbocycles. The highest BCUT2D eigenvalue weighted by molar-refractivity contribution is 7.13. The molecule has 2 rings (SSSR count). The predicted octanol–water partition coefficient (Wildman–Crippen LogP) is 3.51. The van der Waals surface area contributed by atoms with Gasteiger partial charge in [-0.1, -0.05) is 30.3 Å². The highest BCUT2D eigenvalue weighted by Gasteiger charge is 2.15. The van der Waals surface area contributed by atoms with Crippen molar-refractivity contribution in [3.8, 4) is 0 Å². The second-order valence-electron chi connectivity index (χ2n) is 5.48. The molecule has 0 saturated heterocycles. The van der Waals surface area contributed by atoms with Gasteiger partial charge in [0.2, 0.25) is 11.7 Å². The van der Waals surface area contributed by atoms with Gasteiger partial charge in [0.05, 0.1) is 16.2 Å². The molecular formula is C18H20N2O2S. The summed E-state index contributed by atoms with van der Waals surface area (Å²) < 4.78 is 0. The number of thiophene rings is 1. The summed E-state index contributed by atoms with van der Waals surface area (Å²) in [6, 6.07) is 11.8. The van der Waals surface area contributed by atoms with Gasteiger partial charge in [0.15, 0.2) is 0 Å². The second-order valence-corrected chi connectivity index (χ2v) is 6.39. The van der Waals surface area contributed by atoms with Crippen LogP contribution >= 0.6 is 11.3 Å². The summed E-state index contributed by atoms with van der Waals surface area (Å²) in [5.41, 5.74) is 7.30. The van der Waals surface area contributed by atoms with Crippen molar-refractivity contribution in [2.75, 3.05) is 0 Å². The third-order valence-corrected chi connectivity index (χ3v) is 4.47. The first-order chi connectivity index (χ1) is 11.0. The fourth-order valence-electron chi connectivity index (χ4n) is 2.24. The minimum atomic E-state index is -0.522. The number of aryl methyl sites for hydroxylation is 1. The van der Waals surface area contributed by atoms with E-state index in [9.17, 15) is 9.59 Å². The van der Waals surface area contributed by atoms with Crippen molar-refractivity contribution in [2.24, 2.45) is 10.7 Å². The van der Waals surface area contributed by atoms with Crippen LogP contribution in [0.25, 0.3) is 0 Å². The third-order valence-electron chi connectivity index (χ3n) is 3.54. The summed E-state index contributed by atoms with van der Waals surface area (Å²) in [7, 11) is 0. The van der Waals surface area contributed by atoms with E-state index in [-0.39, 0.29) is 11.8 Å². The Kier molecular flexibility index (Phi) is 5.82. The van der Waals surface area contributed by atoms with Gasteiger partial charge in [-0.05, 0) is 38.3 Å². The van der Waals surface area contributed by atoms with E-state index in [1.54, 1.807) is 12.3 Å². The van der Waals surface area contributed by atoms with Crippen molar-refractivity contribution < 1.29 is 9.59 Å². The monoisotopic (exact) mass is 328 g/mol. The van der Waals surface area contributed by atoms with E-state index < -0.39 is 5.91 Å². The minimum Gasteiger partial charge on any atom is -0.366 e. The van der Waals surface area contributed by atoms with Gasteiger partial charge in [-0.2, -0.15) is 0 Å². The summed E-state index contributed by atoms with van der Waals surface area (Å²) in [6.45, 7) is 3.72. The van der Waals surface area contributed by atoms with Gasteiger partial charge in [0.25, 0.3) is 0 Å². The molecule has 1 heterocycles. The van der Waals surface area contributed by atoms with E-state index in [0.717, 1.165) is 12.8 Å². The van der Waals surface area contributed by atoms with Crippen LogP contribution in [0.4, 0.5) is 0 Å². The van der Waals surface area contributed by atoms with Crippen LogP contribution in [0.15, 0.2) is 46.8 Å². The van der Waals surface area contributed by atoms with Gasteiger partial charge in [-0.25, -0.2) is 0 Å². The van der Waals surface area contributed by atoms with Crippen molar-refractivity contribution in [1.82, 2.24) is 0 Å². The van der Waals surface area contributed by atoms with Crippen molar-refractivity contribution in [2.45, 2.75) is 32.7 Å². The first-order valence-corrected chi connectivity index (χ1v) is 8.36. The number of nitrogens with two attached hydrogens (primary N) is 1. The van der Waals surface area contributed by atoms with E-state index in [1.165, 1.54) is 23.0 Å². The Balaban J connectivity index is 1.97. The smallest absolute Gasteiger partial charge is 0.249 e. The molecule has 0 spiro atoms. The van der Waals surface area contributed by atoms with Gasteiger partial charge >= 0.3 is 0 Å². The number of hydrogen-bond donors (Lipinski definition) is 1. The molecule has 0 bridgehead atoms. The lowest BCUT2D eigenvalue weighted by atomic mass is 10.1. The highest BCUT2D eigenvalue weighted by Crippen LogP contribution is 2.16. The maximum absolute atomic E-state index is 12.3. The van der Waals surface area contributed by atoms with E-state index in [4.69, 9.17) is 5.73 Å². The zero-order valence-electron chi connectivity index (χ0n) is 13.3. The topological polar surface area (TPSA) is 72.5 Å². The molecule has 2 N–H and O–H groups in total. The van der Waals surface area contributed by atoms with E-state index in [0.29, 0.717) is 16.2 Å². The first kappa shape index (κ1) is 17.1. The number of aliphatic imine (C=N–C) groups is 1. The van der Waals surface area contributed by atoms with Crippen LogP contribution in [0.1, 0.15) is 45.9 Å². The average Bonchev–Trinajstić information content (AvgIpc) is 3.03. The van der Waals surface area contributed by atoms with Crippen LogP contribution in [0, 0.1) is 0 Å². The van der Waals surface area contributed by atoms with E-state index >= 15 is 0 Å². The van der Waals surface area contributed by atoms with Gasteiger partial charge in [0.1, 0.15) is 0 Å². The van der Waals surface area contributed by atoms with Crippen LogP contribution in [0.3, 0.4) is 0 Å². The molecule has 5 heteroatoms. The number of carbonyl (C=O) groups is 2. The molecule has 4 nitrogen and oxygen atoms in total. The van der Waals surface area contributed by atoms with Crippen LogP contribution in [0.5, 0.6) is 0 Å². The SMILES string of the molecule is C/C(=N/C(C)CCc1ccccc1)C(=O)c1cc(C(N)=O)cs1. The fraction of sp³-hybridized carbons (Fsp3) is 0.278. The largest absolute Gasteiger partial charge is 0.366 e. The lowest BCUT2D eigenvalue weighted by Crippen LogP contribution is -2.14. The van der Waals surface area contributed by atoms with Crippen molar-refractivity contribution >= 4 is 28.7 Å². The molecule has 23 heavy (non-hydrogen) atoms. The Hall–Kier alpha value is -2.27. The normalized spacial score (nSPS) is 12.9. The van der Waals surface area contributed by atoms with Crippen LogP contribution < -0.4 is 5.73 Å². The van der Waals surface area contributed by atoms with Gasteiger partial charge in [-0.15, -0.1) is 11.3 Å². The minimum absolute atomic E-state index is 0.0646. The lowest BCUT2D eigenvalue weighted by molar-refractivity contribution is 0.100. The summed E-state index contributed by atoms with van der Waals surface area (Å²) >= 11 is 1.22. The van der Waals surface area contributed by atoms with Crippen LogP contribution in [-0.4, -0.2) is 23.4 Å². The number of Topliss-reactive ketones (excluding diaryl/α,β-unsaturated/α-hetero) is 1. The molecule has 1 atom stereocenters. The number of hydrogen-bond acceptors (Lipinski definition) is 4. The van der Waals surface area contributed by atoms with E-state index in [1.807, 2.05) is 25.1 Å². The van der Waals surface area contributed by atoms with E-state index in [2.05, 4.69) is 17.1 Å². The Morgan fingerprint density at radius 2 is 1.96 bits per heavy atom. The maximum atomic E-state index is 12.3. The summed E-state index contributed by atoms with van der Waals surface area (Å²) in [5, 5.41) is 1.60. The molecule has 120 valence electrons. The van der Waals surface area contributed by atoms with Crippen molar-refractivity contribution in [3.63, 3.8) is 0 Å². The highest BCUT2D eigenvalue weighted by atomic mass is 32.1. The molecule has 1 amide bonds. The maximum Gasteiger partial charge on any atom is 0.249 e. The molecule has 1 aromatic heterocycles. The summed E-state index contributed by atoms with van der Waals surface area (Å²) in [6.07, 6.45) is 1.81. The summed E-state index contributed by atoms with van der Waals surface area (Å²) in [4.78, 5) is 28.4. The molecule has 1 aromatic carbocycles. The Bertz CT molecular complexity index is 720.